The van der Waals surface area contributed by atoms with Crippen LogP contribution >= 0.6 is 0 Å². The van der Waals surface area contributed by atoms with Crippen molar-refractivity contribution >= 4 is 10.9 Å². The zero-order chi connectivity index (χ0) is 12.1. The molecule has 0 bridgehead atoms. The van der Waals surface area contributed by atoms with Gasteiger partial charge in [-0.3, -0.25) is 4.90 Å². The Hall–Kier alpha value is -1.80. The first-order valence-electron chi connectivity index (χ1n) is 6.52. The summed E-state index contributed by atoms with van der Waals surface area (Å²) >= 11 is 0. The predicted octanol–water partition coefficient (Wildman–Crippen LogP) is 3.19. The van der Waals surface area contributed by atoms with Gasteiger partial charge in [0.05, 0.1) is 6.04 Å². The molecule has 1 atom stereocenters. The van der Waals surface area contributed by atoms with Crippen molar-refractivity contribution in [3.63, 3.8) is 0 Å². The van der Waals surface area contributed by atoms with Crippen molar-refractivity contribution in [2.24, 2.45) is 0 Å². The van der Waals surface area contributed by atoms with Gasteiger partial charge in [0.25, 0.3) is 0 Å². The van der Waals surface area contributed by atoms with Crippen LogP contribution in [0, 0.1) is 0 Å². The van der Waals surface area contributed by atoms with E-state index in [0.717, 1.165) is 19.5 Å². The molecular weight excluding hydrogens is 220 g/mol. The topological polar surface area (TPSA) is 19.0 Å². The maximum Gasteiger partial charge on any atom is 0.0693 e. The second-order valence-corrected chi connectivity index (χ2v) is 5.25. The molecule has 0 radical (unpaired) electrons. The van der Waals surface area contributed by atoms with Gasteiger partial charge in [-0.1, -0.05) is 36.9 Å². The van der Waals surface area contributed by atoms with E-state index in [9.17, 15) is 0 Å². The van der Waals surface area contributed by atoms with Crippen molar-refractivity contribution < 1.29 is 0 Å². The Balaban J connectivity index is 1.92. The minimum Gasteiger partial charge on any atom is -0.357 e. The van der Waals surface area contributed by atoms with Gasteiger partial charge in [-0.15, -0.1) is 0 Å². The number of aromatic nitrogens is 1. The molecule has 18 heavy (non-hydrogen) atoms. The Morgan fingerprint density at radius 2 is 2.17 bits per heavy atom. The minimum absolute atomic E-state index is 0.409. The summed E-state index contributed by atoms with van der Waals surface area (Å²) < 4.78 is 0. The summed E-state index contributed by atoms with van der Waals surface area (Å²) in [6, 6.07) is 9.03. The number of benzene rings is 1. The van der Waals surface area contributed by atoms with E-state index in [1.807, 2.05) is 0 Å². The van der Waals surface area contributed by atoms with Crippen molar-refractivity contribution in [1.82, 2.24) is 9.88 Å². The standard InChI is InChI=1S/C16H16N2/c1-11-6-7-15-16-13(8-9-18(15)10-11)12-4-2-3-5-14(12)17-16/h2-7,15,17H,1,8-10H2. The van der Waals surface area contributed by atoms with Gasteiger partial charge in [0.1, 0.15) is 0 Å². The Bertz CT molecular complexity index is 663. The van der Waals surface area contributed by atoms with E-state index < -0.39 is 0 Å². The molecule has 1 aromatic carbocycles. The molecule has 1 aromatic heterocycles. The number of para-hydroxylation sites is 1. The lowest BCUT2D eigenvalue weighted by atomic mass is 9.94. The first kappa shape index (κ1) is 10.2. The van der Waals surface area contributed by atoms with Gasteiger partial charge in [-0.2, -0.15) is 0 Å². The van der Waals surface area contributed by atoms with E-state index in [1.165, 1.54) is 27.7 Å². The van der Waals surface area contributed by atoms with E-state index >= 15 is 0 Å². The average Bonchev–Trinajstić information content (AvgIpc) is 2.77. The normalized spacial score (nSPS) is 23.1. The van der Waals surface area contributed by atoms with Gasteiger partial charge in [-0.05, 0) is 23.6 Å². The molecule has 2 nitrogen and oxygen atoms in total. The predicted molar refractivity (Wildman–Crippen MR) is 74.6 cm³/mol. The highest BCUT2D eigenvalue weighted by atomic mass is 15.2. The maximum atomic E-state index is 4.07. The van der Waals surface area contributed by atoms with Gasteiger partial charge in [-0.25, -0.2) is 0 Å². The highest BCUT2D eigenvalue weighted by molar-refractivity contribution is 5.85. The largest absolute Gasteiger partial charge is 0.357 e. The molecule has 0 amide bonds. The van der Waals surface area contributed by atoms with Gasteiger partial charge < -0.3 is 4.98 Å². The number of H-pyrrole nitrogens is 1. The number of hydrogen-bond acceptors (Lipinski definition) is 1. The fourth-order valence-electron chi connectivity index (χ4n) is 3.26. The fourth-order valence-corrected chi connectivity index (χ4v) is 3.26. The summed E-state index contributed by atoms with van der Waals surface area (Å²) in [5.74, 6) is 0. The summed E-state index contributed by atoms with van der Waals surface area (Å²) in [5, 5.41) is 1.39. The van der Waals surface area contributed by atoms with Crippen molar-refractivity contribution in [3.8, 4) is 0 Å². The van der Waals surface area contributed by atoms with Crippen molar-refractivity contribution in [3.05, 3.63) is 59.8 Å². The van der Waals surface area contributed by atoms with Crippen molar-refractivity contribution in [2.75, 3.05) is 13.1 Å². The molecule has 0 aliphatic carbocycles. The number of fused-ring (bicyclic) bond motifs is 5. The zero-order valence-electron chi connectivity index (χ0n) is 10.3. The minimum atomic E-state index is 0.409. The molecule has 3 heterocycles. The molecule has 2 aliphatic heterocycles. The van der Waals surface area contributed by atoms with Crippen LogP contribution in [0.2, 0.25) is 0 Å². The number of nitrogens with one attached hydrogen (secondary N) is 1. The van der Waals surface area contributed by atoms with Crippen molar-refractivity contribution in [2.45, 2.75) is 12.5 Å². The molecule has 2 heteroatoms. The third kappa shape index (κ3) is 1.33. The quantitative estimate of drug-likeness (QED) is 0.744. The summed E-state index contributed by atoms with van der Waals surface area (Å²) in [7, 11) is 0. The Morgan fingerprint density at radius 1 is 1.28 bits per heavy atom. The zero-order valence-corrected chi connectivity index (χ0v) is 10.3. The Morgan fingerprint density at radius 3 is 3.11 bits per heavy atom. The van der Waals surface area contributed by atoms with Crippen LogP contribution < -0.4 is 0 Å². The lowest BCUT2D eigenvalue weighted by Gasteiger charge is -2.36. The maximum absolute atomic E-state index is 4.07. The van der Waals surface area contributed by atoms with Gasteiger partial charge in [0.15, 0.2) is 0 Å². The van der Waals surface area contributed by atoms with E-state index in [2.05, 4.69) is 52.9 Å². The second kappa shape index (κ2) is 3.59. The average molecular weight is 236 g/mol. The van der Waals surface area contributed by atoms with Gasteiger partial charge in [0, 0.05) is 29.7 Å². The second-order valence-electron chi connectivity index (χ2n) is 5.25. The molecule has 1 N–H and O–H groups in total. The molecule has 0 spiro atoms. The molecule has 2 aromatic rings. The first-order chi connectivity index (χ1) is 8.83. The van der Waals surface area contributed by atoms with Crippen LogP contribution in [0.25, 0.3) is 10.9 Å². The number of nitrogens with zero attached hydrogens (tertiary/aromatic N) is 1. The smallest absolute Gasteiger partial charge is 0.0693 e. The summed E-state index contributed by atoms with van der Waals surface area (Å²) in [5.41, 5.74) is 5.36. The highest BCUT2D eigenvalue weighted by Gasteiger charge is 2.30. The summed E-state index contributed by atoms with van der Waals surface area (Å²) in [6.07, 6.45) is 5.58. The molecule has 0 saturated heterocycles. The van der Waals surface area contributed by atoms with E-state index in [-0.39, 0.29) is 0 Å². The monoisotopic (exact) mass is 236 g/mol. The SMILES string of the molecule is C=C1C=CC2c3[nH]c4ccccc4c3CCN2C1. The number of hydrogen-bond donors (Lipinski definition) is 1. The third-order valence-electron chi connectivity index (χ3n) is 4.11. The van der Waals surface area contributed by atoms with Crippen LogP contribution in [0.4, 0.5) is 0 Å². The van der Waals surface area contributed by atoms with Gasteiger partial charge >= 0.3 is 0 Å². The fraction of sp³-hybridized carbons (Fsp3) is 0.250. The van der Waals surface area contributed by atoms with Crippen LogP contribution in [-0.4, -0.2) is 23.0 Å². The number of rotatable bonds is 0. The number of aromatic amines is 1. The Labute approximate surface area is 107 Å². The molecule has 0 fully saturated rings. The molecule has 0 saturated carbocycles. The molecule has 4 rings (SSSR count). The lowest BCUT2D eigenvalue weighted by molar-refractivity contribution is 0.230. The van der Waals surface area contributed by atoms with Crippen LogP contribution in [0.1, 0.15) is 17.3 Å². The lowest BCUT2D eigenvalue weighted by Crippen LogP contribution is -2.37. The summed E-state index contributed by atoms with van der Waals surface area (Å²) in [6.45, 7) is 6.19. The highest BCUT2D eigenvalue weighted by Crippen LogP contribution is 2.37. The van der Waals surface area contributed by atoms with Crippen LogP contribution in [0.5, 0.6) is 0 Å². The third-order valence-corrected chi connectivity index (χ3v) is 4.11. The Kier molecular flexibility index (Phi) is 2.03. The molecule has 90 valence electrons. The molecular formula is C16H16N2. The van der Waals surface area contributed by atoms with Crippen molar-refractivity contribution in [1.29, 1.82) is 0 Å². The summed E-state index contributed by atoms with van der Waals surface area (Å²) in [4.78, 5) is 6.11. The van der Waals surface area contributed by atoms with E-state index in [4.69, 9.17) is 0 Å². The van der Waals surface area contributed by atoms with E-state index in [1.54, 1.807) is 0 Å². The van der Waals surface area contributed by atoms with Crippen LogP contribution in [-0.2, 0) is 6.42 Å². The first-order valence-corrected chi connectivity index (χ1v) is 6.52. The molecule has 2 aliphatic rings. The molecule has 1 unspecified atom stereocenters. The van der Waals surface area contributed by atoms with Gasteiger partial charge in [0.2, 0.25) is 0 Å². The van der Waals surface area contributed by atoms with E-state index in [0.29, 0.717) is 6.04 Å². The van der Waals surface area contributed by atoms with Crippen LogP contribution in [0.15, 0.2) is 48.6 Å². The van der Waals surface area contributed by atoms with Crippen LogP contribution in [0.3, 0.4) is 0 Å².